The zero-order valence-electron chi connectivity index (χ0n) is 9.63. The van der Waals surface area contributed by atoms with E-state index in [4.69, 9.17) is 27.3 Å². The topological polar surface area (TPSA) is 102 Å². The van der Waals surface area contributed by atoms with E-state index in [2.05, 4.69) is 5.16 Å². The van der Waals surface area contributed by atoms with Crippen LogP contribution in [0.1, 0.15) is 5.56 Å². The summed E-state index contributed by atoms with van der Waals surface area (Å²) in [6.07, 6.45) is 1.11. The number of nitrogens with zero attached hydrogens (tertiary/aromatic N) is 1. The Hall–Kier alpha value is -1.47. The summed E-state index contributed by atoms with van der Waals surface area (Å²) in [5, 5.41) is 11.7. The van der Waals surface area contributed by atoms with E-state index in [9.17, 15) is 8.42 Å². The van der Waals surface area contributed by atoms with E-state index in [-0.39, 0.29) is 34.5 Å². The highest BCUT2D eigenvalue weighted by Crippen LogP contribution is 2.26. The van der Waals surface area contributed by atoms with Crippen LogP contribution >= 0.6 is 11.6 Å². The Labute approximate surface area is 110 Å². The molecule has 0 aliphatic carbocycles. The molecule has 0 aliphatic rings. The van der Waals surface area contributed by atoms with Gasteiger partial charge in [-0.05, 0) is 12.1 Å². The van der Waals surface area contributed by atoms with E-state index in [0.29, 0.717) is 0 Å². The van der Waals surface area contributed by atoms with Crippen LogP contribution in [-0.2, 0) is 9.84 Å². The predicted octanol–water partition coefficient (Wildman–Crippen LogP) is 0.858. The average Bonchev–Trinajstić information content (AvgIpc) is 2.26. The number of oxime groups is 1. The van der Waals surface area contributed by atoms with Gasteiger partial charge >= 0.3 is 0 Å². The third-order valence-corrected chi connectivity index (χ3v) is 3.27. The van der Waals surface area contributed by atoms with Crippen LogP contribution in [0.5, 0.6) is 5.75 Å². The maximum Gasteiger partial charge on any atom is 0.175 e. The number of ether oxygens (including phenoxy) is 1. The maximum absolute atomic E-state index is 11.0. The molecule has 1 rings (SSSR count). The second-order valence-electron chi connectivity index (χ2n) is 3.58. The highest BCUT2D eigenvalue weighted by Gasteiger charge is 2.13. The summed E-state index contributed by atoms with van der Waals surface area (Å²) in [7, 11) is -3.11. The van der Waals surface area contributed by atoms with E-state index >= 15 is 0 Å². The van der Waals surface area contributed by atoms with Crippen LogP contribution < -0.4 is 10.5 Å². The Balaban J connectivity index is 2.93. The maximum atomic E-state index is 11.0. The number of halogens is 1. The van der Waals surface area contributed by atoms with Crippen molar-refractivity contribution in [3.63, 3.8) is 0 Å². The molecule has 0 fully saturated rings. The fraction of sp³-hybridized carbons (Fsp3) is 0.300. The molecule has 0 amide bonds. The quantitative estimate of drug-likeness (QED) is 0.363. The van der Waals surface area contributed by atoms with Gasteiger partial charge in [-0.1, -0.05) is 22.8 Å². The molecule has 0 saturated carbocycles. The summed E-state index contributed by atoms with van der Waals surface area (Å²) in [5.41, 5.74) is 5.70. The van der Waals surface area contributed by atoms with Crippen LogP contribution in [-0.4, -0.2) is 38.1 Å². The molecule has 18 heavy (non-hydrogen) atoms. The van der Waals surface area contributed by atoms with Gasteiger partial charge in [0.2, 0.25) is 0 Å². The second-order valence-corrected chi connectivity index (χ2v) is 6.24. The smallest absolute Gasteiger partial charge is 0.175 e. The summed E-state index contributed by atoms with van der Waals surface area (Å²) in [4.78, 5) is 0. The normalized spacial score (nSPS) is 12.4. The summed E-state index contributed by atoms with van der Waals surface area (Å²) < 4.78 is 27.2. The molecule has 0 unspecified atom stereocenters. The van der Waals surface area contributed by atoms with Crippen LogP contribution in [0.4, 0.5) is 0 Å². The van der Waals surface area contributed by atoms with Crippen molar-refractivity contribution in [2.24, 2.45) is 10.9 Å². The van der Waals surface area contributed by atoms with E-state index in [1.54, 1.807) is 18.2 Å². The molecule has 8 heteroatoms. The molecule has 0 aliphatic heterocycles. The fourth-order valence-corrected chi connectivity index (χ4v) is 1.87. The standard InChI is InChI=1S/C10H13ClN2O4S/c1-18(15,16)6-5-17-8-4-2-3-7(11)9(8)10(12)13-14/h2-4,14H,5-6H2,1H3,(H2,12,13). The monoisotopic (exact) mass is 292 g/mol. The van der Waals surface area contributed by atoms with Gasteiger partial charge in [-0.2, -0.15) is 0 Å². The molecule has 0 saturated heterocycles. The number of rotatable bonds is 5. The van der Waals surface area contributed by atoms with Crippen molar-refractivity contribution in [2.45, 2.75) is 0 Å². The van der Waals surface area contributed by atoms with Gasteiger partial charge in [-0.3, -0.25) is 0 Å². The molecule has 0 atom stereocenters. The predicted molar refractivity (Wildman–Crippen MR) is 69.2 cm³/mol. The lowest BCUT2D eigenvalue weighted by molar-refractivity contribution is 0.317. The zero-order valence-corrected chi connectivity index (χ0v) is 11.2. The largest absolute Gasteiger partial charge is 0.492 e. The molecular formula is C10H13ClN2O4S. The molecule has 0 aromatic heterocycles. The molecule has 0 radical (unpaired) electrons. The Morgan fingerprint density at radius 2 is 2.22 bits per heavy atom. The minimum Gasteiger partial charge on any atom is -0.492 e. The van der Waals surface area contributed by atoms with E-state index < -0.39 is 9.84 Å². The van der Waals surface area contributed by atoms with Crippen LogP contribution in [0.3, 0.4) is 0 Å². The molecule has 0 heterocycles. The van der Waals surface area contributed by atoms with Crippen LogP contribution in [0, 0.1) is 0 Å². The number of benzene rings is 1. The molecular weight excluding hydrogens is 280 g/mol. The van der Waals surface area contributed by atoms with Gasteiger partial charge in [0.05, 0.1) is 16.3 Å². The van der Waals surface area contributed by atoms with Crippen LogP contribution in [0.25, 0.3) is 0 Å². The van der Waals surface area contributed by atoms with Crippen LogP contribution in [0.15, 0.2) is 23.4 Å². The first kappa shape index (κ1) is 14.6. The summed E-state index contributed by atoms with van der Waals surface area (Å²) in [6.45, 7) is -0.0368. The molecule has 0 spiro atoms. The SMILES string of the molecule is CS(=O)(=O)CCOc1cccc(Cl)c1/C(N)=N/O. The van der Waals surface area contributed by atoms with E-state index in [1.807, 2.05) is 0 Å². The van der Waals surface area contributed by atoms with Gasteiger partial charge in [0.15, 0.2) is 15.7 Å². The van der Waals surface area contributed by atoms with Crippen molar-refractivity contribution in [2.75, 3.05) is 18.6 Å². The van der Waals surface area contributed by atoms with Crippen molar-refractivity contribution >= 4 is 27.3 Å². The molecule has 1 aromatic carbocycles. The molecule has 1 aromatic rings. The Kier molecular flexibility index (Phi) is 4.80. The number of hydrogen-bond donors (Lipinski definition) is 2. The fourth-order valence-electron chi connectivity index (χ4n) is 1.23. The number of hydrogen-bond acceptors (Lipinski definition) is 5. The van der Waals surface area contributed by atoms with Crippen molar-refractivity contribution < 1.29 is 18.4 Å². The molecule has 0 bridgehead atoms. The third-order valence-electron chi connectivity index (χ3n) is 2.05. The number of sulfone groups is 1. The van der Waals surface area contributed by atoms with Gasteiger partial charge in [-0.25, -0.2) is 8.42 Å². The number of amidine groups is 1. The lowest BCUT2D eigenvalue weighted by atomic mass is 10.2. The minimum absolute atomic E-state index is 0.0368. The van der Waals surface area contributed by atoms with Gasteiger partial charge in [-0.15, -0.1) is 0 Å². The van der Waals surface area contributed by atoms with E-state index in [1.165, 1.54) is 0 Å². The summed E-state index contributed by atoms with van der Waals surface area (Å²) >= 11 is 5.90. The molecule has 100 valence electrons. The highest BCUT2D eigenvalue weighted by atomic mass is 35.5. The Morgan fingerprint density at radius 3 is 2.78 bits per heavy atom. The molecule has 3 N–H and O–H groups in total. The van der Waals surface area contributed by atoms with E-state index in [0.717, 1.165) is 6.26 Å². The van der Waals surface area contributed by atoms with Crippen molar-refractivity contribution in [1.29, 1.82) is 0 Å². The Bertz CT molecular complexity index is 557. The third kappa shape index (κ3) is 4.08. The van der Waals surface area contributed by atoms with Gasteiger partial charge in [0.25, 0.3) is 0 Å². The lowest BCUT2D eigenvalue weighted by Crippen LogP contribution is -2.17. The number of nitrogens with two attached hydrogens (primary N) is 1. The summed E-state index contributed by atoms with van der Waals surface area (Å²) in [5.74, 6) is -0.0637. The molecule has 6 nitrogen and oxygen atoms in total. The average molecular weight is 293 g/mol. The first-order valence-electron chi connectivity index (χ1n) is 4.92. The van der Waals surface area contributed by atoms with Gasteiger partial charge < -0.3 is 15.7 Å². The van der Waals surface area contributed by atoms with Crippen LogP contribution in [0.2, 0.25) is 5.02 Å². The van der Waals surface area contributed by atoms with Crippen molar-refractivity contribution in [1.82, 2.24) is 0 Å². The Morgan fingerprint density at radius 1 is 1.56 bits per heavy atom. The van der Waals surface area contributed by atoms with Crippen molar-refractivity contribution in [3.8, 4) is 5.75 Å². The van der Waals surface area contributed by atoms with Gasteiger partial charge in [0.1, 0.15) is 12.4 Å². The lowest BCUT2D eigenvalue weighted by Gasteiger charge is -2.11. The first-order chi connectivity index (χ1) is 8.35. The second kappa shape index (κ2) is 5.92. The minimum atomic E-state index is -3.11. The summed E-state index contributed by atoms with van der Waals surface area (Å²) in [6, 6.07) is 4.73. The zero-order chi connectivity index (χ0) is 13.8. The highest BCUT2D eigenvalue weighted by molar-refractivity contribution is 7.90. The first-order valence-corrected chi connectivity index (χ1v) is 7.36. The van der Waals surface area contributed by atoms with Crippen molar-refractivity contribution in [3.05, 3.63) is 28.8 Å². The van der Waals surface area contributed by atoms with Gasteiger partial charge in [0, 0.05) is 6.26 Å².